The molecule has 0 aliphatic carbocycles. The molecule has 0 aromatic heterocycles. The minimum absolute atomic E-state index is 0. The predicted molar refractivity (Wildman–Crippen MR) is 114 cm³/mol. The Hall–Kier alpha value is -2.49. The molecule has 2 aromatic rings. The molecule has 4 nitrogen and oxygen atoms in total. The molecule has 152 valence electrons. The first-order valence-corrected chi connectivity index (χ1v) is 9.65. The highest BCUT2D eigenvalue weighted by atomic mass is 16.6. The van der Waals surface area contributed by atoms with Gasteiger partial charge in [-0.15, -0.1) is 0 Å². The van der Waals surface area contributed by atoms with Gasteiger partial charge in [0, 0.05) is 0 Å². The number of rotatable bonds is 7. The van der Waals surface area contributed by atoms with Gasteiger partial charge in [0.15, 0.2) is 0 Å². The van der Waals surface area contributed by atoms with Crippen LogP contribution in [0.3, 0.4) is 0 Å². The van der Waals surface area contributed by atoms with Gasteiger partial charge in [-0.25, -0.2) is 4.79 Å². The van der Waals surface area contributed by atoms with Gasteiger partial charge in [0.05, 0.1) is 19.7 Å². The molecule has 1 fully saturated rings. The Bertz CT molecular complexity index is 754. The van der Waals surface area contributed by atoms with Gasteiger partial charge >= 0.3 is 6.09 Å². The maximum absolute atomic E-state index is 12.3. The average molecular weight is 384 g/mol. The second kappa shape index (κ2) is 9.63. The van der Waals surface area contributed by atoms with E-state index in [1.807, 2.05) is 17.0 Å². The molecule has 3 atom stereocenters. The lowest BCUT2D eigenvalue weighted by atomic mass is 9.94. The molecule has 0 spiro atoms. The van der Waals surface area contributed by atoms with Crippen molar-refractivity contribution in [1.29, 1.82) is 0 Å². The topological polar surface area (TPSA) is 38.8 Å². The Morgan fingerprint density at radius 2 is 1.68 bits per heavy atom. The van der Waals surface area contributed by atoms with Crippen molar-refractivity contribution in [2.45, 2.75) is 59.1 Å². The molecule has 0 N–H and O–H groups in total. The highest BCUT2D eigenvalue weighted by molar-refractivity contribution is 5.70. The fourth-order valence-corrected chi connectivity index (χ4v) is 3.57. The number of amides is 1. The van der Waals surface area contributed by atoms with Crippen LogP contribution in [-0.2, 0) is 4.74 Å². The first-order chi connectivity index (χ1) is 13.0. The Morgan fingerprint density at radius 1 is 1.07 bits per heavy atom. The predicted octanol–water partition coefficient (Wildman–Crippen LogP) is 6.11. The maximum Gasteiger partial charge on any atom is 0.410 e. The summed E-state index contributed by atoms with van der Waals surface area (Å²) >= 11 is 0. The van der Waals surface area contributed by atoms with Gasteiger partial charge in [-0.1, -0.05) is 56.3 Å². The summed E-state index contributed by atoms with van der Waals surface area (Å²) in [6.07, 6.45) is 1.61. The third kappa shape index (κ3) is 5.06. The van der Waals surface area contributed by atoms with E-state index < -0.39 is 0 Å². The van der Waals surface area contributed by atoms with E-state index in [0.29, 0.717) is 12.5 Å². The summed E-state index contributed by atoms with van der Waals surface area (Å²) in [5.41, 5.74) is 3.65. The lowest BCUT2D eigenvalue weighted by Crippen LogP contribution is -2.28. The van der Waals surface area contributed by atoms with E-state index in [1.165, 1.54) is 11.1 Å². The van der Waals surface area contributed by atoms with E-state index in [-0.39, 0.29) is 25.7 Å². The number of hydrogen-bond acceptors (Lipinski definition) is 3. The SMILES string of the molecule is C.COc1ccc([C@H](C)CC[C@H]2CN([C@@H](C)c3ccc(C)cc3)C(=O)O2)cc1. The van der Waals surface area contributed by atoms with E-state index in [4.69, 9.17) is 9.47 Å². The third-order valence-electron chi connectivity index (χ3n) is 5.54. The summed E-state index contributed by atoms with van der Waals surface area (Å²) in [7, 11) is 1.68. The molecule has 1 aliphatic heterocycles. The maximum atomic E-state index is 12.3. The molecule has 0 bridgehead atoms. The molecule has 28 heavy (non-hydrogen) atoms. The summed E-state index contributed by atoms with van der Waals surface area (Å²) in [4.78, 5) is 14.2. The number of aryl methyl sites for hydroxylation is 1. The molecule has 1 amide bonds. The van der Waals surface area contributed by atoms with Crippen molar-refractivity contribution in [3.63, 3.8) is 0 Å². The smallest absolute Gasteiger partial charge is 0.410 e. The first-order valence-electron chi connectivity index (χ1n) is 9.65. The lowest BCUT2D eigenvalue weighted by Gasteiger charge is -2.22. The molecule has 0 unspecified atom stereocenters. The second-order valence-corrected chi connectivity index (χ2v) is 7.50. The van der Waals surface area contributed by atoms with Crippen LogP contribution in [0.5, 0.6) is 5.75 Å². The van der Waals surface area contributed by atoms with Crippen molar-refractivity contribution in [1.82, 2.24) is 4.90 Å². The van der Waals surface area contributed by atoms with Crippen LogP contribution < -0.4 is 4.74 Å². The number of cyclic esters (lactones) is 1. The molecule has 3 rings (SSSR count). The monoisotopic (exact) mass is 383 g/mol. The highest BCUT2D eigenvalue weighted by Gasteiger charge is 2.34. The molecule has 1 heterocycles. The zero-order valence-corrected chi connectivity index (χ0v) is 16.6. The van der Waals surface area contributed by atoms with Crippen LogP contribution in [0.25, 0.3) is 0 Å². The summed E-state index contributed by atoms with van der Waals surface area (Å²) < 4.78 is 10.8. The standard InChI is InChI=1S/C23H29NO3.CH4/c1-16-5-8-20(9-6-16)18(3)24-15-22(27-23(24)25)12-7-17(2)19-10-13-21(26-4)14-11-19;/h5-6,8-11,13-14,17-18,22H,7,12,15H2,1-4H3;1H4/t17-,18+,22+;/m1./s1. The van der Waals surface area contributed by atoms with Crippen LogP contribution in [-0.4, -0.2) is 30.8 Å². The molecular formula is C24H33NO3. The summed E-state index contributed by atoms with van der Waals surface area (Å²) in [5, 5.41) is 0. The van der Waals surface area contributed by atoms with E-state index in [9.17, 15) is 4.79 Å². The number of benzene rings is 2. The van der Waals surface area contributed by atoms with Gasteiger partial charge in [0.2, 0.25) is 0 Å². The van der Waals surface area contributed by atoms with Crippen LogP contribution in [0, 0.1) is 6.92 Å². The molecule has 1 aliphatic rings. The van der Waals surface area contributed by atoms with Crippen molar-refractivity contribution in [2.75, 3.05) is 13.7 Å². The normalized spacial score (nSPS) is 18.2. The number of carbonyl (C=O) groups is 1. The first kappa shape index (κ1) is 21.8. The summed E-state index contributed by atoms with van der Waals surface area (Å²) in [5.74, 6) is 1.29. The fraction of sp³-hybridized carbons (Fsp3) is 0.458. The molecule has 2 aromatic carbocycles. The Morgan fingerprint density at radius 3 is 2.29 bits per heavy atom. The molecular weight excluding hydrogens is 350 g/mol. The minimum Gasteiger partial charge on any atom is -0.497 e. The number of nitrogens with zero attached hydrogens (tertiary/aromatic N) is 1. The van der Waals surface area contributed by atoms with Crippen molar-refractivity contribution >= 4 is 6.09 Å². The minimum atomic E-state index is -0.204. The summed E-state index contributed by atoms with van der Waals surface area (Å²) in [6.45, 7) is 7.00. The number of ether oxygens (including phenoxy) is 2. The van der Waals surface area contributed by atoms with Crippen molar-refractivity contribution in [3.05, 3.63) is 65.2 Å². The Balaban J connectivity index is 0.00000280. The van der Waals surface area contributed by atoms with E-state index in [1.54, 1.807) is 7.11 Å². The van der Waals surface area contributed by atoms with Crippen LogP contribution in [0.2, 0.25) is 0 Å². The highest BCUT2D eigenvalue weighted by Crippen LogP contribution is 2.30. The van der Waals surface area contributed by atoms with Crippen molar-refractivity contribution in [3.8, 4) is 5.75 Å². The van der Waals surface area contributed by atoms with Crippen LogP contribution in [0.15, 0.2) is 48.5 Å². The van der Waals surface area contributed by atoms with E-state index in [0.717, 1.165) is 24.2 Å². The zero-order valence-electron chi connectivity index (χ0n) is 16.6. The van der Waals surface area contributed by atoms with Gasteiger partial charge < -0.3 is 9.47 Å². The molecule has 0 radical (unpaired) electrons. The second-order valence-electron chi connectivity index (χ2n) is 7.50. The van der Waals surface area contributed by atoms with Crippen molar-refractivity contribution < 1.29 is 14.3 Å². The fourth-order valence-electron chi connectivity index (χ4n) is 3.57. The van der Waals surface area contributed by atoms with Crippen molar-refractivity contribution in [2.24, 2.45) is 0 Å². The van der Waals surface area contributed by atoms with Gasteiger partial charge in [-0.3, -0.25) is 4.90 Å². The van der Waals surface area contributed by atoms with Gasteiger partial charge in [0.25, 0.3) is 0 Å². The quantitative estimate of drug-likeness (QED) is 0.579. The van der Waals surface area contributed by atoms with Crippen LogP contribution >= 0.6 is 0 Å². The zero-order chi connectivity index (χ0) is 19.4. The number of hydrogen-bond donors (Lipinski definition) is 0. The van der Waals surface area contributed by atoms with Crippen LogP contribution in [0.4, 0.5) is 4.79 Å². The average Bonchev–Trinajstić information content (AvgIpc) is 3.07. The largest absolute Gasteiger partial charge is 0.497 e. The number of methoxy groups -OCH3 is 1. The van der Waals surface area contributed by atoms with Gasteiger partial charge in [0.1, 0.15) is 11.9 Å². The van der Waals surface area contributed by atoms with Crippen LogP contribution in [0.1, 0.15) is 62.8 Å². The van der Waals surface area contributed by atoms with E-state index in [2.05, 4.69) is 57.2 Å². The molecule has 0 saturated carbocycles. The van der Waals surface area contributed by atoms with E-state index >= 15 is 0 Å². The Kier molecular flexibility index (Phi) is 7.50. The lowest BCUT2D eigenvalue weighted by molar-refractivity contribution is 0.124. The molecule has 4 heteroatoms. The van der Waals surface area contributed by atoms with Gasteiger partial charge in [-0.05, 0) is 55.9 Å². The number of carbonyl (C=O) groups excluding carboxylic acids is 1. The summed E-state index contributed by atoms with van der Waals surface area (Å²) in [6, 6.07) is 16.6. The van der Waals surface area contributed by atoms with Gasteiger partial charge in [-0.2, -0.15) is 0 Å². The molecule has 1 saturated heterocycles. The Labute approximate surface area is 169 Å². The third-order valence-corrected chi connectivity index (χ3v) is 5.54.